The first-order chi connectivity index (χ1) is 11.3. The lowest BCUT2D eigenvalue weighted by atomic mass is 10.2. The highest BCUT2D eigenvalue weighted by molar-refractivity contribution is 7.71. The third-order valence-electron chi connectivity index (χ3n) is 3.40. The zero-order chi connectivity index (χ0) is 15.6. The minimum atomic E-state index is 0.251. The van der Waals surface area contributed by atoms with Crippen molar-refractivity contribution in [2.45, 2.75) is 0 Å². The van der Waals surface area contributed by atoms with Crippen LogP contribution >= 0.6 is 12.2 Å². The van der Waals surface area contributed by atoms with E-state index in [0.717, 1.165) is 16.9 Å². The molecule has 0 unspecified atom stereocenters. The Balaban J connectivity index is 1.69. The first kappa shape index (κ1) is 13.7. The van der Waals surface area contributed by atoms with Crippen molar-refractivity contribution in [3.8, 4) is 22.9 Å². The average Bonchev–Trinajstić information content (AvgIpc) is 3.19. The van der Waals surface area contributed by atoms with Gasteiger partial charge in [0.05, 0.1) is 6.21 Å². The van der Waals surface area contributed by atoms with E-state index in [0.29, 0.717) is 16.3 Å². The standard InChI is InChI=1S/C16H12N4O2S/c23-16-19-18-15(12-4-2-1-3-5-12)20(16)17-9-11-6-7-13-14(8-11)22-10-21-13/h1-9H,10H2,(H,19,23)/b17-9+. The molecule has 4 rings (SSSR count). The molecular weight excluding hydrogens is 312 g/mol. The predicted octanol–water partition coefficient (Wildman–Crippen LogP) is 3.22. The molecule has 6 nitrogen and oxygen atoms in total. The maximum Gasteiger partial charge on any atom is 0.231 e. The highest BCUT2D eigenvalue weighted by Gasteiger charge is 2.12. The fourth-order valence-corrected chi connectivity index (χ4v) is 2.47. The SMILES string of the molecule is S=c1[nH]nc(-c2ccccc2)n1/N=C/c1ccc2c(c1)OCO2. The Hall–Kier alpha value is -2.93. The van der Waals surface area contributed by atoms with Crippen LogP contribution in [-0.4, -0.2) is 27.9 Å². The topological polar surface area (TPSA) is 64.4 Å². The second-order valence-corrected chi connectivity index (χ2v) is 5.27. The molecule has 114 valence electrons. The summed E-state index contributed by atoms with van der Waals surface area (Å²) >= 11 is 5.25. The number of fused-ring (bicyclic) bond motifs is 1. The van der Waals surface area contributed by atoms with Crippen LogP contribution in [0.25, 0.3) is 11.4 Å². The molecule has 0 aliphatic carbocycles. The Morgan fingerprint density at radius 3 is 2.83 bits per heavy atom. The summed E-state index contributed by atoms with van der Waals surface area (Å²) in [6.45, 7) is 0.251. The van der Waals surface area contributed by atoms with Crippen molar-refractivity contribution in [3.05, 3.63) is 58.9 Å². The zero-order valence-corrected chi connectivity index (χ0v) is 12.8. The Labute approximate surface area is 137 Å². The number of benzene rings is 2. The van der Waals surface area contributed by atoms with Crippen LogP contribution in [-0.2, 0) is 0 Å². The zero-order valence-electron chi connectivity index (χ0n) is 12.0. The normalized spacial score (nSPS) is 12.9. The Morgan fingerprint density at radius 1 is 1.13 bits per heavy atom. The fraction of sp³-hybridized carbons (Fsp3) is 0.0625. The molecule has 2 heterocycles. The molecule has 0 amide bonds. The molecule has 1 aromatic heterocycles. The highest BCUT2D eigenvalue weighted by Crippen LogP contribution is 2.32. The lowest BCUT2D eigenvalue weighted by Crippen LogP contribution is -1.95. The minimum Gasteiger partial charge on any atom is -0.454 e. The van der Waals surface area contributed by atoms with Crippen molar-refractivity contribution in [1.82, 2.24) is 14.9 Å². The van der Waals surface area contributed by atoms with Crippen LogP contribution in [0.15, 0.2) is 53.6 Å². The third kappa shape index (κ3) is 2.62. The molecule has 23 heavy (non-hydrogen) atoms. The molecule has 3 aromatic rings. The van der Waals surface area contributed by atoms with E-state index >= 15 is 0 Å². The summed E-state index contributed by atoms with van der Waals surface area (Å²) in [5.74, 6) is 2.12. The van der Waals surface area contributed by atoms with Crippen LogP contribution in [0.5, 0.6) is 11.5 Å². The summed E-state index contributed by atoms with van der Waals surface area (Å²) in [7, 11) is 0. The van der Waals surface area contributed by atoms with E-state index in [9.17, 15) is 0 Å². The van der Waals surface area contributed by atoms with Gasteiger partial charge in [0.2, 0.25) is 11.6 Å². The van der Waals surface area contributed by atoms with Crippen molar-refractivity contribution in [2.75, 3.05) is 6.79 Å². The molecule has 0 bridgehead atoms. The van der Waals surface area contributed by atoms with E-state index in [-0.39, 0.29) is 6.79 Å². The molecule has 1 aliphatic rings. The summed E-state index contributed by atoms with van der Waals surface area (Å²) in [5, 5.41) is 11.4. The van der Waals surface area contributed by atoms with Crippen LogP contribution in [0.1, 0.15) is 5.56 Å². The Bertz CT molecular complexity index is 931. The first-order valence-electron chi connectivity index (χ1n) is 6.98. The van der Waals surface area contributed by atoms with Gasteiger partial charge in [0.15, 0.2) is 17.3 Å². The summed E-state index contributed by atoms with van der Waals surface area (Å²) in [4.78, 5) is 0. The van der Waals surface area contributed by atoms with Crippen molar-refractivity contribution in [1.29, 1.82) is 0 Å². The number of nitrogens with one attached hydrogen (secondary N) is 1. The van der Waals surface area contributed by atoms with E-state index < -0.39 is 0 Å². The molecule has 1 aliphatic heterocycles. The van der Waals surface area contributed by atoms with Gasteiger partial charge in [0.1, 0.15) is 0 Å². The fourth-order valence-electron chi connectivity index (χ4n) is 2.29. The van der Waals surface area contributed by atoms with Gasteiger partial charge in [-0.3, -0.25) is 0 Å². The van der Waals surface area contributed by atoms with E-state index in [1.54, 1.807) is 10.9 Å². The van der Waals surface area contributed by atoms with Gasteiger partial charge in [-0.1, -0.05) is 30.3 Å². The van der Waals surface area contributed by atoms with Gasteiger partial charge in [-0.2, -0.15) is 14.9 Å². The molecule has 2 aromatic carbocycles. The number of H-pyrrole nitrogens is 1. The predicted molar refractivity (Wildman–Crippen MR) is 88.4 cm³/mol. The lowest BCUT2D eigenvalue weighted by molar-refractivity contribution is 0.174. The van der Waals surface area contributed by atoms with E-state index in [1.165, 1.54) is 0 Å². The number of ether oxygens (including phenoxy) is 2. The lowest BCUT2D eigenvalue weighted by Gasteiger charge is -2.01. The molecule has 0 saturated carbocycles. The summed E-state index contributed by atoms with van der Waals surface area (Å²) in [5.41, 5.74) is 1.82. The van der Waals surface area contributed by atoms with Crippen molar-refractivity contribution in [3.63, 3.8) is 0 Å². The van der Waals surface area contributed by atoms with Crippen LogP contribution in [0.2, 0.25) is 0 Å². The monoisotopic (exact) mass is 324 g/mol. The van der Waals surface area contributed by atoms with Crippen LogP contribution < -0.4 is 9.47 Å². The molecule has 1 N–H and O–H groups in total. The minimum absolute atomic E-state index is 0.251. The average molecular weight is 324 g/mol. The summed E-state index contributed by atoms with van der Waals surface area (Å²) in [6, 6.07) is 15.4. The van der Waals surface area contributed by atoms with E-state index in [2.05, 4.69) is 15.3 Å². The maximum absolute atomic E-state index is 5.36. The second-order valence-electron chi connectivity index (χ2n) is 4.89. The molecule has 0 radical (unpaired) electrons. The molecule has 0 atom stereocenters. The molecule has 0 fully saturated rings. The van der Waals surface area contributed by atoms with Crippen LogP contribution in [0, 0.1) is 4.77 Å². The van der Waals surface area contributed by atoms with Gasteiger partial charge < -0.3 is 9.47 Å². The third-order valence-corrected chi connectivity index (χ3v) is 3.67. The molecule has 7 heteroatoms. The van der Waals surface area contributed by atoms with E-state index in [4.69, 9.17) is 21.7 Å². The van der Waals surface area contributed by atoms with Crippen LogP contribution in [0.3, 0.4) is 0 Å². The largest absolute Gasteiger partial charge is 0.454 e. The summed E-state index contributed by atoms with van der Waals surface area (Å²) in [6.07, 6.45) is 1.71. The highest BCUT2D eigenvalue weighted by atomic mass is 32.1. The van der Waals surface area contributed by atoms with Gasteiger partial charge in [-0.25, -0.2) is 5.10 Å². The quantitative estimate of drug-likeness (QED) is 0.593. The van der Waals surface area contributed by atoms with Gasteiger partial charge in [0, 0.05) is 5.56 Å². The van der Waals surface area contributed by atoms with Gasteiger partial charge in [-0.15, -0.1) is 0 Å². The number of aromatic amines is 1. The smallest absolute Gasteiger partial charge is 0.231 e. The van der Waals surface area contributed by atoms with Crippen molar-refractivity contribution in [2.24, 2.45) is 5.10 Å². The maximum atomic E-state index is 5.36. The number of aromatic nitrogens is 3. The van der Waals surface area contributed by atoms with E-state index in [1.807, 2.05) is 48.5 Å². The first-order valence-corrected chi connectivity index (χ1v) is 7.39. The Kier molecular flexibility index (Phi) is 3.39. The number of rotatable bonds is 3. The number of hydrogen-bond donors (Lipinski definition) is 1. The van der Waals surface area contributed by atoms with Gasteiger partial charge in [0.25, 0.3) is 0 Å². The van der Waals surface area contributed by atoms with Crippen LogP contribution in [0.4, 0.5) is 0 Å². The molecular formula is C16H12N4O2S. The second kappa shape index (κ2) is 5.69. The van der Waals surface area contributed by atoms with Crippen molar-refractivity contribution >= 4 is 18.4 Å². The number of nitrogens with zero attached hydrogens (tertiary/aromatic N) is 3. The summed E-state index contributed by atoms with van der Waals surface area (Å²) < 4.78 is 12.7. The molecule has 0 saturated heterocycles. The molecule has 0 spiro atoms. The Morgan fingerprint density at radius 2 is 1.96 bits per heavy atom. The number of hydrogen-bond acceptors (Lipinski definition) is 5. The van der Waals surface area contributed by atoms with Gasteiger partial charge in [-0.05, 0) is 36.0 Å². The van der Waals surface area contributed by atoms with Gasteiger partial charge >= 0.3 is 0 Å². The van der Waals surface area contributed by atoms with Crippen molar-refractivity contribution < 1.29 is 9.47 Å².